The van der Waals surface area contributed by atoms with Crippen molar-refractivity contribution in [2.24, 2.45) is 0 Å². The maximum Gasteiger partial charge on any atom is 0.306 e. The molecule has 82 valence electrons. The Bertz CT molecular complexity index is 317. The number of hydrogen-bond acceptors (Lipinski definition) is 4. The molecule has 1 heterocycles. The molecular formula is C11H14O3S. The van der Waals surface area contributed by atoms with Crippen molar-refractivity contribution in [3.63, 3.8) is 0 Å². The highest BCUT2D eigenvalue weighted by molar-refractivity contribution is 7.12. The molecule has 1 rings (SSSR count). The molecule has 0 bridgehead atoms. The van der Waals surface area contributed by atoms with E-state index in [0.29, 0.717) is 11.5 Å². The molecule has 0 amide bonds. The summed E-state index contributed by atoms with van der Waals surface area (Å²) in [4.78, 5) is 23.3. The van der Waals surface area contributed by atoms with Crippen molar-refractivity contribution >= 4 is 23.1 Å². The van der Waals surface area contributed by atoms with Gasteiger partial charge in [0.25, 0.3) is 0 Å². The zero-order valence-corrected chi connectivity index (χ0v) is 9.51. The molecule has 0 radical (unpaired) electrons. The molecule has 0 spiro atoms. The molecule has 3 nitrogen and oxygen atoms in total. The van der Waals surface area contributed by atoms with Crippen LogP contribution < -0.4 is 0 Å². The van der Waals surface area contributed by atoms with Crippen LogP contribution in [0.3, 0.4) is 0 Å². The van der Waals surface area contributed by atoms with Crippen LogP contribution in [0.15, 0.2) is 17.5 Å². The number of carbonyl (C=O) groups excluding carboxylic acids is 2. The van der Waals surface area contributed by atoms with Gasteiger partial charge >= 0.3 is 5.97 Å². The SMILES string of the molecule is CCCOC(=O)CCC(=O)c1cccs1. The first-order chi connectivity index (χ1) is 7.24. The molecular weight excluding hydrogens is 212 g/mol. The summed E-state index contributed by atoms with van der Waals surface area (Å²) in [5, 5.41) is 1.85. The average molecular weight is 226 g/mol. The number of rotatable bonds is 6. The van der Waals surface area contributed by atoms with Gasteiger partial charge in [-0.25, -0.2) is 0 Å². The Morgan fingerprint density at radius 1 is 1.40 bits per heavy atom. The van der Waals surface area contributed by atoms with E-state index in [0.717, 1.165) is 6.42 Å². The molecule has 0 unspecified atom stereocenters. The number of esters is 1. The van der Waals surface area contributed by atoms with Gasteiger partial charge in [0.2, 0.25) is 0 Å². The highest BCUT2D eigenvalue weighted by Gasteiger charge is 2.10. The average Bonchev–Trinajstić information content (AvgIpc) is 2.76. The summed E-state index contributed by atoms with van der Waals surface area (Å²) in [7, 11) is 0. The molecule has 0 saturated heterocycles. The van der Waals surface area contributed by atoms with E-state index in [9.17, 15) is 9.59 Å². The van der Waals surface area contributed by atoms with Gasteiger partial charge in [-0.1, -0.05) is 13.0 Å². The van der Waals surface area contributed by atoms with Crippen LogP contribution in [-0.4, -0.2) is 18.4 Å². The van der Waals surface area contributed by atoms with Crippen molar-refractivity contribution in [3.05, 3.63) is 22.4 Å². The van der Waals surface area contributed by atoms with Crippen molar-refractivity contribution in [3.8, 4) is 0 Å². The first-order valence-electron chi connectivity index (χ1n) is 4.96. The van der Waals surface area contributed by atoms with Gasteiger partial charge < -0.3 is 4.74 Å². The molecule has 15 heavy (non-hydrogen) atoms. The molecule has 1 aromatic heterocycles. The van der Waals surface area contributed by atoms with Gasteiger partial charge in [-0.2, -0.15) is 0 Å². The van der Waals surface area contributed by atoms with E-state index in [1.807, 2.05) is 18.4 Å². The predicted molar refractivity (Wildman–Crippen MR) is 59.1 cm³/mol. The van der Waals surface area contributed by atoms with Crippen LogP contribution in [-0.2, 0) is 9.53 Å². The first-order valence-corrected chi connectivity index (χ1v) is 5.84. The van der Waals surface area contributed by atoms with Crippen LogP contribution in [0.25, 0.3) is 0 Å². The Labute approximate surface area is 93.1 Å². The summed E-state index contributed by atoms with van der Waals surface area (Å²) < 4.78 is 4.87. The largest absolute Gasteiger partial charge is 0.466 e. The van der Waals surface area contributed by atoms with E-state index in [-0.39, 0.29) is 24.6 Å². The zero-order valence-electron chi connectivity index (χ0n) is 8.69. The molecule has 4 heteroatoms. The highest BCUT2D eigenvalue weighted by atomic mass is 32.1. The van der Waals surface area contributed by atoms with Crippen molar-refractivity contribution in [2.45, 2.75) is 26.2 Å². The summed E-state index contributed by atoms with van der Waals surface area (Å²) in [6.07, 6.45) is 1.23. The second-order valence-corrected chi connectivity index (χ2v) is 4.07. The molecule has 0 aliphatic carbocycles. The van der Waals surface area contributed by atoms with Gasteiger partial charge in [0.15, 0.2) is 5.78 Å². The summed E-state index contributed by atoms with van der Waals surface area (Å²) in [6, 6.07) is 3.59. The molecule has 0 N–H and O–H groups in total. The van der Waals surface area contributed by atoms with Gasteiger partial charge in [-0.3, -0.25) is 9.59 Å². The van der Waals surface area contributed by atoms with Crippen molar-refractivity contribution in [2.75, 3.05) is 6.61 Å². The van der Waals surface area contributed by atoms with Crippen molar-refractivity contribution in [1.29, 1.82) is 0 Å². The zero-order chi connectivity index (χ0) is 11.1. The van der Waals surface area contributed by atoms with Crippen molar-refractivity contribution in [1.82, 2.24) is 0 Å². The summed E-state index contributed by atoms with van der Waals surface area (Å²) >= 11 is 1.40. The third-order valence-corrected chi connectivity index (χ3v) is 2.73. The minimum absolute atomic E-state index is 0.0125. The second kappa shape index (κ2) is 6.35. The van der Waals surface area contributed by atoms with Gasteiger partial charge in [-0.05, 0) is 17.9 Å². The van der Waals surface area contributed by atoms with Crippen molar-refractivity contribution < 1.29 is 14.3 Å². The fourth-order valence-electron chi connectivity index (χ4n) is 1.06. The Kier molecular flexibility index (Phi) is 5.04. The third kappa shape index (κ3) is 4.25. The van der Waals surface area contributed by atoms with Crippen LogP contribution in [0.4, 0.5) is 0 Å². The normalized spacial score (nSPS) is 9.93. The Morgan fingerprint density at radius 3 is 2.80 bits per heavy atom. The molecule has 0 aliphatic heterocycles. The van der Waals surface area contributed by atoms with Crippen LogP contribution in [0.2, 0.25) is 0 Å². The van der Waals surface area contributed by atoms with Gasteiger partial charge in [0.1, 0.15) is 0 Å². The number of carbonyl (C=O) groups is 2. The standard InChI is InChI=1S/C11H14O3S/c1-2-7-14-11(13)6-5-9(12)10-4-3-8-15-10/h3-4,8H,2,5-7H2,1H3. The van der Waals surface area contributed by atoms with Crippen LogP contribution in [0.5, 0.6) is 0 Å². The van der Waals surface area contributed by atoms with E-state index in [2.05, 4.69) is 0 Å². The second-order valence-electron chi connectivity index (χ2n) is 3.12. The van der Waals surface area contributed by atoms with Gasteiger partial charge in [0, 0.05) is 6.42 Å². The van der Waals surface area contributed by atoms with E-state index in [1.54, 1.807) is 6.07 Å². The number of thiophene rings is 1. The molecule has 0 fully saturated rings. The maximum atomic E-state index is 11.5. The van der Waals surface area contributed by atoms with E-state index in [4.69, 9.17) is 4.74 Å². The van der Waals surface area contributed by atoms with Crippen LogP contribution in [0, 0.1) is 0 Å². The van der Waals surface area contributed by atoms with E-state index < -0.39 is 0 Å². The lowest BCUT2D eigenvalue weighted by molar-refractivity contribution is -0.143. The number of ether oxygens (including phenoxy) is 1. The lowest BCUT2D eigenvalue weighted by Gasteiger charge is -2.01. The lowest BCUT2D eigenvalue weighted by Crippen LogP contribution is -2.08. The minimum atomic E-state index is -0.290. The Balaban J connectivity index is 2.25. The smallest absolute Gasteiger partial charge is 0.306 e. The summed E-state index contributed by atoms with van der Waals surface area (Å²) in [6.45, 7) is 2.37. The molecule has 0 aromatic carbocycles. The number of hydrogen-bond donors (Lipinski definition) is 0. The molecule has 0 aliphatic rings. The van der Waals surface area contributed by atoms with E-state index >= 15 is 0 Å². The number of Topliss-reactive ketones (excluding diaryl/α,β-unsaturated/α-hetero) is 1. The highest BCUT2D eigenvalue weighted by Crippen LogP contribution is 2.12. The lowest BCUT2D eigenvalue weighted by atomic mass is 10.2. The predicted octanol–water partition coefficient (Wildman–Crippen LogP) is 2.66. The molecule has 1 aromatic rings. The Morgan fingerprint density at radius 2 is 2.20 bits per heavy atom. The first kappa shape index (κ1) is 11.9. The number of ketones is 1. The monoisotopic (exact) mass is 226 g/mol. The van der Waals surface area contributed by atoms with Crippen LogP contribution >= 0.6 is 11.3 Å². The Hall–Kier alpha value is -1.16. The fraction of sp³-hybridized carbons (Fsp3) is 0.455. The molecule has 0 saturated carbocycles. The maximum absolute atomic E-state index is 11.5. The van der Waals surface area contributed by atoms with Gasteiger partial charge in [-0.15, -0.1) is 11.3 Å². The van der Waals surface area contributed by atoms with E-state index in [1.165, 1.54) is 11.3 Å². The third-order valence-electron chi connectivity index (χ3n) is 1.82. The topological polar surface area (TPSA) is 43.4 Å². The van der Waals surface area contributed by atoms with Crippen LogP contribution in [0.1, 0.15) is 35.9 Å². The molecule has 0 atom stereocenters. The van der Waals surface area contributed by atoms with Gasteiger partial charge in [0.05, 0.1) is 17.9 Å². The quantitative estimate of drug-likeness (QED) is 0.553. The summed E-state index contributed by atoms with van der Waals surface area (Å²) in [5.41, 5.74) is 0. The minimum Gasteiger partial charge on any atom is -0.466 e. The summed E-state index contributed by atoms with van der Waals surface area (Å²) in [5.74, 6) is -0.278. The fourth-order valence-corrected chi connectivity index (χ4v) is 1.76.